The number of nitriles is 1. The number of nitrogens with zero attached hydrogens (tertiary/aromatic N) is 3. The number of β-amino-alcohol motifs (C(OH)–C–C–N with tert-alkyl or cyclic N) is 1. The molecule has 1 aliphatic rings. The van der Waals surface area contributed by atoms with Gasteiger partial charge in [0.1, 0.15) is 5.82 Å². The van der Waals surface area contributed by atoms with Crippen LogP contribution in [0.25, 0.3) is 0 Å². The molecule has 1 aromatic carbocycles. The molecule has 4 nitrogen and oxygen atoms in total. The van der Waals surface area contributed by atoms with E-state index in [2.05, 4.69) is 16.7 Å². The lowest BCUT2D eigenvalue weighted by atomic mass is 10.1. The first-order chi connectivity index (χ1) is 9.99. The van der Waals surface area contributed by atoms with Crippen molar-refractivity contribution in [1.29, 1.82) is 5.26 Å². The summed E-state index contributed by atoms with van der Waals surface area (Å²) < 4.78 is 13.8. The highest BCUT2D eigenvalue weighted by Gasteiger charge is 2.24. The number of aliphatic hydroxyl groups excluding tert-OH is 1. The van der Waals surface area contributed by atoms with Gasteiger partial charge in [-0.15, -0.1) is 0 Å². The zero-order valence-electron chi connectivity index (χ0n) is 12.6. The van der Waals surface area contributed by atoms with Gasteiger partial charge in [-0.05, 0) is 32.0 Å². The normalized spacial score (nSPS) is 22.0. The van der Waals surface area contributed by atoms with E-state index in [0.29, 0.717) is 30.3 Å². The summed E-state index contributed by atoms with van der Waals surface area (Å²) in [4.78, 5) is 4.45. The van der Waals surface area contributed by atoms with Gasteiger partial charge in [0.2, 0.25) is 0 Å². The smallest absolute Gasteiger partial charge is 0.127 e. The zero-order chi connectivity index (χ0) is 15.4. The van der Waals surface area contributed by atoms with Crippen molar-refractivity contribution in [3.63, 3.8) is 0 Å². The lowest BCUT2D eigenvalue weighted by molar-refractivity contribution is 0.0419. The standard InChI is InChI=1S/C16H22FN3O/c1-12-9-19(5-6-20(12)10-13(2)21)11-15-7-14(8-18)3-4-16(15)17/h3-4,7,12-13,21H,5-6,9-11H2,1-2H3. The molecule has 0 aromatic heterocycles. The Labute approximate surface area is 125 Å². The fourth-order valence-electron chi connectivity index (χ4n) is 2.83. The molecule has 0 aliphatic carbocycles. The van der Waals surface area contributed by atoms with Crippen LogP contribution in [0.4, 0.5) is 4.39 Å². The maximum Gasteiger partial charge on any atom is 0.127 e. The Bertz CT molecular complexity index is 527. The first kappa shape index (κ1) is 15.9. The van der Waals surface area contributed by atoms with Crippen LogP contribution in [-0.2, 0) is 6.54 Å². The van der Waals surface area contributed by atoms with Crippen molar-refractivity contribution in [3.8, 4) is 6.07 Å². The van der Waals surface area contributed by atoms with Crippen LogP contribution in [0.15, 0.2) is 18.2 Å². The number of benzene rings is 1. The SMILES string of the molecule is CC(O)CN1CCN(Cc2cc(C#N)ccc2F)CC1C. The molecule has 0 bridgehead atoms. The van der Waals surface area contributed by atoms with Crippen LogP contribution in [0.3, 0.4) is 0 Å². The Morgan fingerprint density at radius 1 is 1.48 bits per heavy atom. The average molecular weight is 291 g/mol. The minimum Gasteiger partial charge on any atom is -0.392 e. The molecule has 2 rings (SSSR count). The maximum atomic E-state index is 13.8. The van der Waals surface area contributed by atoms with Gasteiger partial charge in [-0.2, -0.15) is 5.26 Å². The number of piperazine rings is 1. The third-order valence-electron chi connectivity index (χ3n) is 3.92. The Balaban J connectivity index is 1.98. The third-order valence-corrected chi connectivity index (χ3v) is 3.92. The molecule has 1 heterocycles. The van der Waals surface area contributed by atoms with Gasteiger partial charge in [0.25, 0.3) is 0 Å². The number of rotatable bonds is 4. The molecule has 2 unspecified atom stereocenters. The van der Waals surface area contributed by atoms with E-state index in [1.165, 1.54) is 12.1 Å². The van der Waals surface area contributed by atoms with Crippen molar-refractivity contribution in [1.82, 2.24) is 9.80 Å². The van der Waals surface area contributed by atoms with Crippen molar-refractivity contribution < 1.29 is 9.50 Å². The Kier molecular flexibility index (Phi) is 5.29. The first-order valence-corrected chi connectivity index (χ1v) is 7.32. The van der Waals surface area contributed by atoms with Crippen LogP contribution in [0.5, 0.6) is 0 Å². The number of hydrogen-bond donors (Lipinski definition) is 1. The van der Waals surface area contributed by atoms with Gasteiger partial charge >= 0.3 is 0 Å². The van der Waals surface area contributed by atoms with Gasteiger partial charge < -0.3 is 5.11 Å². The highest BCUT2D eigenvalue weighted by molar-refractivity contribution is 5.33. The third kappa shape index (κ3) is 4.24. The average Bonchev–Trinajstić information content (AvgIpc) is 2.44. The van der Waals surface area contributed by atoms with Crippen LogP contribution in [0.1, 0.15) is 25.0 Å². The van der Waals surface area contributed by atoms with Gasteiger partial charge in [-0.25, -0.2) is 4.39 Å². The predicted octanol–water partition coefficient (Wildman–Crippen LogP) is 1.58. The van der Waals surface area contributed by atoms with Crippen molar-refractivity contribution >= 4 is 0 Å². The van der Waals surface area contributed by atoms with Crippen molar-refractivity contribution in [3.05, 3.63) is 35.1 Å². The molecule has 1 aliphatic heterocycles. The Morgan fingerprint density at radius 3 is 2.86 bits per heavy atom. The van der Waals surface area contributed by atoms with Crippen molar-refractivity contribution in [2.24, 2.45) is 0 Å². The summed E-state index contributed by atoms with van der Waals surface area (Å²) >= 11 is 0. The molecule has 1 fully saturated rings. The van der Waals surface area contributed by atoms with Crippen LogP contribution < -0.4 is 0 Å². The van der Waals surface area contributed by atoms with Gasteiger partial charge in [-0.3, -0.25) is 9.80 Å². The van der Waals surface area contributed by atoms with Gasteiger partial charge in [-0.1, -0.05) is 0 Å². The fraction of sp³-hybridized carbons (Fsp3) is 0.562. The predicted molar refractivity (Wildman–Crippen MR) is 79.1 cm³/mol. The highest BCUT2D eigenvalue weighted by atomic mass is 19.1. The largest absolute Gasteiger partial charge is 0.392 e. The quantitative estimate of drug-likeness (QED) is 0.915. The summed E-state index contributed by atoms with van der Waals surface area (Å²) in [6.45, 7) is 7.65. The van der Waals surface area contributed by atoms with Crippen LogP contribution in [0.2, 0.25) is 0 Å². The molecule has 0 saturated carbocycles. The molecular formula is C16H22FN3O. The van der Waals surface area contributed by atoms with E-state index in [0.717, 1.165) is 19.6 Å². The Hall–Kier alpha value is -1.48. The van der Waals surface area contributed by atoms with Crippen LogP contribution in [-0.4, -0.2) is 53.2 Å². The second kappa shape index (κ2) is 6.99. The second-order valence-corrected chi connectivity index (χ2v) is 5.85. The minimum atomic E-state index is -0.330. The van der Waals surface area contributed by atoms with E-state index in [1.54, 1.807) is 13.0 Å². The summed E-state index contributed by atoms with van der Waals surface area (Å²) in [6, 6.07) is 6.87. The molecular weight excluding hydrogens is 269 g/mol. The van der Waals surface area contributed by atoms with Gasteiger partial charge in [0, 0.05) is 44.3 Å². The lowest BCUT2D eigenvalue weighted by Gasteiger charge is -2.40. The number of aliphatic hydroxyl groups is 1. The number of hydrogen-bond acceptors (Lipinski definition) is 4. The molecule has 114 valence electrons. The molecule has 1 saturated heterocycles. The molecule has 0 amide bonds. The van der Waals surface area contributed by atoms with Gasteiger partial charge in [0.05, 0.1) is 17.7 Å². The minimum absolute atomic E-state index is 0.256. The summed E-state index contributed by atoms with van der Waals surface area (Å²) in [5.41, 5.74) is 1.07. The van der Waals surface area contributed by atoms with E-state index in [4.69, 9.17) is 5.26 Å². The van der Waals surface area contributed by atoms with E-state index < -0.39 is 0 Å². The summed E-state index contributed by atoms with van der Waals surface area (Å²) in [5.74, 6) is -0.256. The molecule has 5 heteroatoms. The first-order valence-electron chi connectivity index (χ1n) is 7.32. The molecule has 2 atom stereocenters. The van der Waals surface area contributed by atoms with E-state index >= 15 is 0 Å². The summed E-state index contributed by atoms with van der Waals surface area (Å²) in [6.07, 6.45) is -0.330. The molecule has 21 heavy (non-hydrogen) atoms. The Morgan fingerprint density at radius 2 is 2.24 bits per heavy atom. The van der Waals surface area contributed by atoms with E-state index in [1.807, 2.05) is 6.07 Å². The number of halogens is 1. The topological polar surface area (TPSA) is 50.5 Å². The lowest BCUT2D eigenvalue weighted by Crippen LogP contribution is -2.53. The molecule has 0 radical (unpaired) electrons. The van der Waals surface area contributed by atoms with Crippen LogP contribution in [0, 0.1) is 17.1 Å². The molecule has 1 aromatic rings. The monoisotopic (exact) mass is 291 g/mol. The molecule has 0 spiro atoms. The van der Waals surface area contributed by atoms with Crippen molar-refractivity contribution in [2.45, 2.75) is 32.5 Å². The molecule has 1 N–H and O–H groups in total. The summed E-state index contributed by atoms with van der Waals surface area (Å²) in [7, 11) is 0. The van der Waals surface area contributed by atoms with Crippen molar-refractivity contribution in [2.75, 3.05) is 26.2 Å². The van der Waals surface area contributed by atoms with E-state index in [-0.39, 0.29) is 11.9 Å². The fourth-order valence-corrected chi connectivity index (χ4v) is 2.83. The van der Waals surface area contributed by atoms with Crippen LogP contribution >= 0.6 is 0 Å². The highest BCUT2D eigenvalue weighted by Crippen LogP contribution is 2.16. The second-order valence-electron chi connectivity index (χ2n) is 5.85. The van der Waals surface area contributed by atoms with Gasteiger partial charge in [0.15, 0.2) is 0 Å². The summed E-state index contributed by atoms with van der Waals surface area (Å²) in [5, 5.41) is 18.4. The van der Waals surface area contributed by atoms with E-state index in [9.17, 15) is 9.50 Å². The maximum absolute atomic E-state index is 13.8. The zero-order valence-corrected chi connectivity index (χ0v) is 12.6.